The van der Waals surface area contributed by atoms with Gasteiger partial charge in [0.05, 0.1) is 31.5 Å². The molecule has 1 aromatic rings. The van der Waals surface area contributed by atoms with Crippen LogP contribution in [0.2, 0.25) is 0 Å². The first kappa shape index (κ1) is 37.8. The van der Waals surface area contributed by atoms with Crippen LogP contribution in [-0.2, 0) is 9.47 Å². The quantitative estimate of drug-likeness (QED) is 0.0718. The summed E-state index contributed by atoms with van der Waals surface area (Å²) in [6.45, 7) is 3.96. The van der Waals surface area contributed by atoms with Gasteiger partial charge in [-0.3, -0.25) is 4.42 Å². The molecule has 0 unspecified atom stereocenters. The molecular weight excluding hydrogens is 709 g/mol. The summed E-state index contributed by atoms with van der Waals surface area (Å²) < 4.78 is 80.9. The molecule has 13 heteroatoms. The third kappa shape index (κ3) is 9.05. The van der Waals surface area contributed by atoms with E-state index >= 15 is 0 Å². The molecule has 0 amide bonds. The number of allylic oxidation sites excluding steroid dienone is 2. The van der Waals surface area contributed by atoms with Crippen molar-refractivity contribution in [2.75, 3.05) is 27.4 Å². The van der Waals surface area contributed by atoms with Gasteiger partial charge in [0.1, 0.15) is 5.75 Å². The molecule has 0 heterocycles. The zero-order chi connectivity index (χ0) is 37.9. The van der Waals surface area contributed by atoms with Crippen molar-refractivity contribution in [3.63, 3.8) is 0 Å². The summed E-state index contributed by atoms with van der Waals surface area (Å²) in [6, 6.07) is 29.7. The van der Waals surface area contributed by atoms with Crippen LogP contribution in [0.4, 0.5) is 25.2 Å². The van der Waals surface area contributed by atoms with E-state index < -0.39 is 19.7 Å². The maximum atomic E-state index is 13.0. The monoisotopic (exact) mass is 742 g/mol. The molecule has 0 bridgehead atoms. The topological polar surface area (TPSA) is 73.1 Å². The third-order valence-corrected chi connectivity index (χ3v) is 8.05. The van der Waals surface area contributed by atoms with Gasteiger partial charge in [-0.2, -0.15) is 0 Å². The van der Waals surface area contributed by atoms with E-state index in [-0.39, 0.29) is 13.2 Å². The number of carbonyl (C=O) groups excluding carboxylic acids is 2. The van der Waals surface area contributed by atoms with Crippen LogP contribution in [0.3, 0.4) is 0 Å². The van der Waals surface area contributed by atoms with Crippen molar-refractivity contribution in [3.05, 3.63) is 140 Å². The van der Waals surface area contributed by atoms with Crippen molar-refractivity contribution in [2.24, 2.45) is 0 Å². The number of esters is 2. The zero-order valence-corrected chi connectivity index (χ0v) is 29.3. The number of methoxy groups -OCH3 is 1. The maximum absolute atomic E-state index is 13.0. The van der Waals surface area contributed by atoms with Crippen molar-refractivity contribution in [1.29, 1.82) is 0 Å². The molecule has 52 heavy (non-hydrogen) atoms. The number of rotatable bonds is 7. The van der Waals surface area contributed by atoms with Crippen LogP contribution < -0.4 is 10.2 Å². The molecule has 0 aliphatic heterocycles. The summed E-state index contributed by atoms with van der Waals surface area (Å²) >= 11 is 0. The second kappa shape index (κ2) is 13.9. The number of halogens is 6. The number of fused-ring (bicyclic) bond motifs is 3. The van der Waals surface area contributed by atoms with Crippen molar-refractivity contribution < 1.29 is 49.0 Å². The number of ether oxygens (including phenoxy) is 3. The van der Waals surface area contributed by atoms with Gasteiger partial charge in [0.2, 0.25) is 0 Å². The summed E-state index contributed by atoms with van der Waals surface area (Å²) in [6.07, 6.45) is 4.24. The van der Waals surface area contributed by atoms with Gasteiger partial charge in [0.25, 0.3) is 7.11 Å². The zero-order valence-electron chi connectivity index (χ0n) is 28.4. The molecule has 5 aliphatic rings. The summed E-state index contributed by atoms with van der Waals surface area (Å²) in [4.78, 5) is 26.0. The molecule has 6 rings (SSSR count). The average Bonchev–Trinajstić information content (AvgIpc) is 3.60. The van der Waals surface area contributed by atoms with Crippen molar-refractivity contribution in [3.8, 4) is 28.0 Å². The first-order chi connectivity index (χ1) is 24.4. The van der Waals surface area contributed by atoms with E-state index in [4.69, 9.17) is 18.6 Å². The number of hydrogen-bond donors (Lipinski definition) is 0. The van der Waals surface area contributed by atoms with E-state index in [2.05, 4.69) is 48.6 Å². The van der Waals surface area contributed by atoms with Gasteiger partial charge in [-0.25, -0.2) is 9.59 Å². The molecule has 0 saturated carbocycles. The Hall–Kier alpha value is -5.48. The van der Waals surface area contributed by atoms with Gasteiger partial charge >= 0.3 is 50.4 Å². The van der Waals surface area contributed by atoms with Gasteiger partial charge in [-0.1, -0.05) is 60.7 Å². The second-order valence-electron chi connectivity index (χ2n) is 11.5. The summed E-state index contributed by atoms with van der Waals surface area (Å²) in [5.41, 5.74) is 10.9. The fourth-order valence-electron chi connectivity index (χ4n) is 5.90. The van der Waals surface area contributed by atoms with Gasteiger partial charge < -0.3 is 14.2 Å². The molecule has 0 radical (unpaired) electrons. The Bertz CT molecular complexity index is 2200. The SMILES string of the molecule is CCOC(=O)c1cc(C(=O)OCC)c2ccc(/C(=C3/C=Cc4ccc(=[O+]C)ccc43)c3ccc4ccc(OC)ccc3-4)ccc1-2.F[P-](F)(F)(F)(F)F. The van der Waals surface area contributed by atoms with E-state index in [0.29, 0.717) is 22.3 Å². The molecule has 6 nitrogen and oxygen atoms in total. The van der Waals surface area contributed by atoms with Gasteiger partial charge in [0.15, 0.2) is 0 Å². The minimum absolute atomic E-state index is 0.223. The molecule has 0 saturated heterocycles. The molecule has 0 atom stereocenters. The molecule has 0 spiro atoms. The van der Waals surface area contributed by atoms with Crippen molar-refractivity contribution >= 4 is 37.0 Å². The number of hydrogen-bond acceptors (Lipinski definition) is 5. The first-order valence-electron chi connectivity index (χ1n) is 15.9. The van der Waals surface area contributed by atoms with E-state index in [1.54, 1.807) is 34.1 Å². The molecule has 0 fully saturated rings. The van der Waals surface area contributed by atoms with Gasteiger partial charge in [-0.15, -0.1) is 0 Å². The minimum atomic E-state index is -10.7. The van der Waals surface area contributed by atoms with Crippen LogP contribution >= 0.6 is 7.81 Å². The Morgan fingerprint density at radius 3 is 1.71 bits per heavy atom. The van der Waals surface area contributed by atoms with E-state index in [9.17, 15) is 34.8 Å². The molecule has 5 aliphatic carbocycles. The summed E-state index contributed by atoms with van der Waals surface area (Å²) in [5, 5.41) is 0. The van der Waals surface area contributed by atoms with Crippen LogP contribution in [0.15, 0.2) is 101 Å². The standard InChI is InChI=1S/C39H33O6.F6P/c1-5-44-38(40)35-23-36(39(41)45-6-2)32-18-12-26(11-17-31(32)35)37(33-19-9-24-7-13-27(42-3)15-21-29(24)33)34-20-10-25-8-14-28(43-4)16-22-30(25)34;1-7(2,3,4,5)6/h7-23H,5-6H2,1-4H3;/q+1;-1/b37-33+;. The van der Waals surface area contributed by atoms with E-state index in [0.717, 1.165) is 55.7 Å². The van der Waals surface area contributed by atoms with Crippen LogP contribution in [-0.4, -0.2) is 39.4 Å². The second-order valence-corrected chi connectivity index (χ2v) is 13.4. The summed E-state index contributed by atoms with van der Waals surface area (Å²) in [7, 11) is -7.34. The van der Waals surface area contributed by atoms with E-state index in [1.165, 1.54) is 0 Å². The first-order valence-corrected chi connectivity index (χ1v) is 17.9. The average molecular weight is 743 g/mol. The van der Waals surface area contributed by atoms with Gasteiger partial charge in [-0.05, 0) is 99.8 Å². The molecule has 0 N–H and O–H groups in total. The Morgan fingerprint density at radius 2 is 1.15 bits per heavy atom. The number of carbonyl (C=O) groups is 2. The van der Waals surface area contributed by atoms with Crippen molar-refractivity contribution in [2.45, 2.75) is 13.8 Å². The van der Waals surface area contributed by atoms with Crippen LogP contribution in [0.1, 0.15) is 56.8 Å². The Morgan fingerprint density at radius 1 is 0.635 bits per heavy atom. The van der Waals surface area contributed by atoms with Crippen LogP contribution in [0.25, 0.3) is 39.5 Å². The van der Waals surface area contributed by atoms with Gasteiger partial charge in [0, 0.05) is 12.1 Å². The molecule has 272 valence electrons. The third-order valence-electron chi connectivity index (χ3n) is 8.05. The van der Waals surface area contributed by atoms with Crippen LogP contribution in [0.5, 0.6) is 5.75 Å². The Kier molecular flexibility index (Phi) is 10.1. The van der Waals surface area contributed by atoms with Crippen LogP contribution in [0, 0.1) is 0 Å². The molecule has 0 aromatic heterocycles. The summed E-state index contributed by atoms with van der Waals surface area (Å²) in [5.74, 6) is -0.205. The Balaban J connectivity index is 0.000000679. The Labute approximate surface area is 295 Å². The fraction of sp³-hybridized carbons (Fsp3) is 0.154. The molecule has 1 aromatic carbocycles. The van der Waals surface area contributed by atoms with Crippen molar-refractivity contribution in [1.82, 2.24) is 0 Å². The molecular formula is C39H33F6O6P. The fourth-order valence-corrected chi connectivity index (χ4v) is 5.90. The van der Waals surface area contributed by atoms with E-state index in [1.807, 2.05) is 48.5 Å². The normalized spacial score (nSPS) is 14.8. The predicted octanol–water partition coefficient (Wildman–Crippen LogP) is 11.2. The predicted molar refractivity (Wildman–Crippen MR) is 192 cm³/mol.